The molecule has 4 N–H and O–H groups in total. The van der Waals surface area contributed by atoms with Crippen LogP contribution in [0.5, 0.6) is 0 Å². The van der Waals surface area contributed by atoms with Crippen LogP contribution < -0.4 is 16.0 Å². The molecule has 2 aromatic carbocycles. The van der Waals surface area contributed by atoms with Crippen molar-refractivity contribution >= 4 is 17.7 Å². The van der Waals surface area contributed by atoms with E-state index in [9.17, 15) is 45.8 Å². The van der Waals surface area contributed by atoms with E-state index in [1.165, 1.54) is 18.2 Å². The zero-order valence-corrected chi connectivity index (χ0v) is 23.0. The number of amides is 3. The topological polar surface area (TPSA) is 111 Å². The Morgan fingerprint density at radius 2 is 1.53 bits per heavy atom. The van der Waals surface area contributed by atoms with Crippen molar-refractivity contribution in [3.05, 3.63) is 70.8 Å². The van der Waals surface area contributed by atoms with Gasteiger partial charge in [0.05, 0.1) is 17.7 Å². The van der Waals surface area contributed by atoms with Gasteiger partial charge in [0.2, 0.25) is 5.91 Å². The molecule has 0 radical (unpaired) electrons. The van der Waals surface area contributed by atoms with Gasteiger partial charge < -0.3 is 21.1 Å². The number of hydrogen-bond donors (Lipinski definition) is 4. The Labute approximate surface area is 243 Å². The second-order valence-corrected chi connectivity index (χ2v) is 10.9. The molecule has 4 rings (SSSR count). The number of nitrogens with zero attached hydrogens (tertiary/aromatic N) is 1. The van der Waals surface area contributed by atoms with E-state index in [-0.39, 0.29) is 29.8 Å². The lowest BCUT2D eigenvalue weighted by molar-refractivity contribution is -0.137. The average Bonchev–Trinajstić information content (AvgIpc) is 3.42. The van der Waals surface area contributed by atoms with E-state index in [0.29, 0.717) is 50.8 Å². The van der Waals surface area contributed by atoms with Crippen LogP contribution in [0.2, 0.25) is 0 Å². The number of benzene rings is 2. The molecule has 234 valence electrons. The van der Waals surface area contributed by atoms with Crippen molar-refractivity contribution in [1.82, 2.24) is 20.9 Å². The zero-order valence-electron chi connectivity index (χ0n) is 23.0. The Morgan fingerprint density at radius 1 is 0.884 bits per heavy atom. The van der Waals surface area contributed by atoms with E-state index in [0.717, 1.165) is 18.2 Å². The van der Waals surface area contributed by atoms with Gasteiger partial charge in [-0.15, -0.1) is 0 Å². The quantitative estimate of drug-likeness (QED) is 0.339. The minimum Gasteiger partial charge on any atom is -0.385 e. The Morgan fingerprint density at radius 3 is 2.16 bits per heavy atom. The molecule has 1 unspecified atom stereocenters. The monoisotopic (exact) mass is 614 g/mol. The summed E-state index contributed by atoms with van der Waals surface area (Å²) in [7, 11) is 0. The molecule has 3 amide bonds. The molecule has 1 saturated carbocycles. The fourth-order valence-corrected chi connectivity index (χ4v) is 5.56. The van der Waals surface area contributed by atoms with Gasteiger partial charge in [-0.1, -0.05) is 18.2 Å². The second kappa shape index (κ2) is 12.9. The highest BCUT2D eigenvalue weighted by atomic mass is 19.4. The summed E-state index contributed by atoms with van der Waals surface area (Å²) < 4.78 is 75.7. The smallest absolute Gasteiger partial charge is 0.385 e. The van der Waals surface area contributed by atoms with Crippen molar-refractivity contribution in [3.63, 3.8) is 0 Å². The SMILES string of the molecule is O=C(CNC(=O)c1cccc(C(F)(F)F)c1)NC1CCN(C2CCC(O)(c3ccc(C(=O)NCC(F)(F)F)cc3)CC2)C1. The lowest BCUT2D eigenvalue weighted by Crippen LogP contribution is -2.45. The first kappa shape index (κ1) is 32.3. The third-order valence-corrected chi connectivity index (χ3v) is 7.88. The first-order chi connectivity index (χ1) is 20.1. The Balaban J connectivity index is 1.21. The number of likely N-dealkylation sites (tertiary alicyclic amines) is 1. The van der Waals surface area contributed by atoms with Crippen molar-refractivity contribution in [3.8, 4) is 0 Å². The molecule has 0 bridgehead atoms. The summed E-state index contributed by atoms with van der Waals surface area (Å²) in [5, 5.41) is 18.2. The molecule has 1 aliphatic heterocycles. The molecule has 2 fully saturated rings. The molecular formula is C29H32F6N4O4. The molecule has 1 saturated heterocycles. The molecule has 2 aromatic rings. The van der Waals surface area contributed by atoms with Crippen LogP contribution in [0.1, 0.15) is 63.9 Å². The fourth-order valence-electron chi connectivity index (χ4n) is 5.56. The van der Waals surface area contributed by atoms with Crippen LogP contribution >= 0.6 is 0 Å². The van der Waals surface area contributed by atoms with Crippen LogP contribution in [-0.4, -0.2) is 72.2 Å². The summed E-state index contributed by atoms with van der Waals surface area (Å²) in [5.74, 6) is -2.10. The maximum absolute atomic E-state index is 12.9. The van der Waals surface area contributed by atoms with Gasteiger partial charge in [-0.3, -0.25) is 19.3 Å². The number of rotatable bonds is 8. The average molecular weight is 615 g/mol. The predicted molar refractivity (Wildman–Crippen MR) is 143 cm³/mol. The van der Waals surface area contributed by atoms with E-state index in [4.69, 9.17) is 0 Å². The molecule has 1 heterocycles. The maximum Gasteiger partial charge on any atom is 0.416 e. The number of carbonyl (C=O) groups excluding carboxylic acids is 3. The molecule has 43 heavy (non-hydrogen) atoms. The maximum atomic E-state index is 12.9. The van der Waals surface area contributed by atoms with Gasteiger partial charge in [0.15, 0.2) is 0 Å². The number of nitrogens with one attached hydrogen (secondary N) is 3. The molecule has 14 heteroatoms. The minimum atomic E-state index is -4.59. The Hall–Kier alpha value is -3.65. The Kier molecular flexibility index (Phi) is 9.70. The molecule has 2 aliphatic rings. The number of halogens is 6. The van der Waals surface area contributed by atoms with E-state index >= 15 is 0 Å². The van der Waals surface area contributed by atoms with Gasteiger partial charge in [-0.2, -0.15) is 26.3 Å². The summed E-state index contributed by atoms with van der Waals surface area (Å²) >= 11 is 0. The van der Waals surface area contributed by atoms with Gasteiger partial charge in [-0.05, 0) is 68.0 Å². The second-order valence-electron chi connectivity index (χ2n) is 10.9. The number of carbonyl (C=O) groups is 3. The van der Waals surface area contributed by atoms with E-state index in [1.807, 2.05) is 5.32 Å². The minimum absolute atomic E-state index is 0.0608. The van der Waals surface area contributed by atoms with Crippen LogP contribution in [0.4, 0.5) is 26.3 Å². The van der Waals surface area contributed by atoms with Crippen molar-refractivity contribution < 1.29 is 45.8 Å². The summed E-state index contributed by atoms with van der Waals surface area (Å²) in [6.45, 7) is -0.533. The van der Waals surface area contributed by atoms with Crippen LogP contribution in [0, 0.1) is 0 Å². The standard InChI is InChI=1S/C29H32F6N4O4/c30-28(31,32)17-37-25(41)18-4-6-20(7-5-18)27(43)11-8-23(9-12-27)39-13-10-22(16-39)38-24(40)15-36-26(42)19-2-1-3-21(14-19)29(33,34)35/h1-7,14,22-23,43H,8-13,15-17H2,(H,36,42)(H,37,41)(H,38,40). The first-order valence-corrected chi connectivity index (χ1v) is 13.8. The summed E-state index contributed by atoms with van der Waals surface area (Å²) in [6, 6.07) is 9.81. The highest BCUT2D eigenvalue weighted by molar-refractivity contribution is 5.96. The van der Waals surface area contributed by atoms with Crippen molar-refractivity contribution in [2.45, 2.75) is 62.1 Å². The summed E-state index contributed by atoms with van der Waals surface area (Å²) in [6.07, 6.45) is -6.23. The first-order valence-electron chi connectivity index (χ1n) is 13.8. The molecule has 1 aliphatic carbocycles. The summed E-state index contributed by atoms with van der Waals surface area (Å²) in [4.78, 5) is 38.8. The number of aliphatic hydroxyl groups is 1. The van der Waals surface area contributed by atoms with Crippen LogP contribution in [0.15, 0.2) is 48.5 Å². The molecule has 0 aromatic heterocycles. The van der Waals surface area contributed by atoms with Gasteiger partial charge in [0.1, 0.15) is 6.54 Å². The zero-order chi connectivity index (χ0) is 31.4. The van der Waals surface area contributed by atoms with Crippen molar-refractivity contribution in [2.75, 3.05) is 26.2 Å². The van der Waals surface area contributed by atoms with Gasteiger partial charge in [0, 0.05) is 36.3 Å². The van der Waals surface area contributed by atoms with Crippen LogP contribution in [0.25, 0.3) is 0 Å². The van der Waals surface area contributed by atoms with Crippen LogP contribution in [-0.2, 0) is 16.6 Å². The number of hydrogen-bond acceptors (Lipinski definition) is 5. The largest absolute Gasteiger partial charge is 0.416 e. The van der Waals surface area contributed by atoms with E-state index in [1.54, 1.807) is 12.1 Å². The van der Waals surface area contributed by atoms with Crippen molar-refractivity contribution in [2.24, 2.45) is 0 Å². The van der Waals surface area contributed by atoms with E-state index < -0.39 is 47.8 Å². The normalized spacial score (nSPS) is 23.0. The molecule has 8 nitrogen and oxygen atoms in total. The molecule has 0 spiro atoms. The lowest BCUT2D eigenvalue weighted by Gasteiger charge is -2.40. The van der Waals surface area contributed by atoms with Gasteiger partial charge >= 0.3 is 12.4 Å². The van der Waals surface area contributed by atoms with Gasteiger partial charge in [-0.25, -0.2) is 0 Å². The Bertz CT molecular complexity index is 1310. The van der Waals surface area contributed by atoms with Gasteiger partial charge in [0.25, 0.3) is 11.8 Å². The summed E-state index contributed by atoms with van der Waals surface area (Å²) in [5.41, 5.74) is -1.65. The molecule has 1 atom stereocenters. The fraction of sp³-hybridized carbons (Fsp3) is 0.483. The lowest BCUT2D eigenvalue weighted by atomic mass is 9.77. The highest BCUT2D eigenvalue weighted by Crippen LogP contribution is 2.39. The number of alkyl halides is 6. The van der Waals surface area contributed by atoms with Crippen molar-refractivity contribution in [1.29, 1.82) is 0 Å². The predicted octanol–water partition coefficient (Wildman–Crippen LogP) is 3.75. The molecular weight excluding hydrogens is 582 g/mol. The van der Waals surface area contributed by atoms with E-state index in [2.05, 4.69) is 15.5 Å². The van der Waals surface area contributed by atoms with Crippen LogP contribution in [0.3, 0.4) is 0 Å². The third-order valence-electron chi connectivity index (χ3n) is 7.88. The highest BCUT2D eigenvalue weighted by Gasteiger charge is 2.39. The third kappa shape index (κ3) is 8.69.